The van der Waals surface area contributed by atoms with Crippen molar-refractivity contribution in [1.82, 2.24) is 0 Å². The van der Waals surface area contributed by atoms with Crippen molar-refractivity contribution in [3.63, 3.8) is 0 Å². The average Bonchev–Trinajstić information content (AvgIpc) is 2.49. The topological polar surface area (TPSA) is 35.5 Å². The average molecular weight is 317 g/mol. The van der Waals surface area contributed by atoms with Gasteiger partial charge in [0, 0.05) is 16.1 Å². The molecule has 114 valence electrons. The monoisotopic (exact) mass is 316 g/mol. The second-order valence-corrected chi connectivity index (χ2v) is 5.94. The molecule has 1 heterocycles. The van der Waals surface area contributed by atoms with Crippen molar-refractivity contribution in [2.45, 2.75) is 25.9 Å². The quantitative estimate of drug-likeness (QED) is 0.778. The molecular formula is C18H17ClO3. The summed E-state index contributed by atoms with van der Waals surface area (Å²) < 4.78 is 11.3. The van der Waals surface area contributed by atoms with Gasteiger partial charge in [0.15, 0.2) is 0 Å². The van der Waals surface area contributed by atoms with Gasteiger partial charge in [-0.25, -0.2) is 0 Å². The summed E-state index contributed by atoms with van der Waals surface area (Å²) in [7, 11) is 0. The number of carbonyl (C=O) groups excluding carboxylic acids is 1. The summed E-state index contributed by atoms with van der Waals surface area (Å²) in [5.41, 5.74) is 2.21. The summed E-state index contributed by atoms with van der Waals surface area (Å²) in [6.45, 7) is 4.08. The van der Waals surface area contributed by atoms with Gasteiger partial charge in [-0.3, -0.25) is 4.79 Å². The third kappa shape index (κ3) is 2.57. The molecule has 2 aromatic rings. The fraction of sp³-hybridized carbons (Fsp3) is 0.278. The Morgan fingerprint density at radius 2 is 2.00 bits per heavy atom. The number of ether oxygens (including phenoxy) is 2. The predicted molar refractivity (Wildman–Crippen MR) is 86.1 cm³/mol. The van der Waals surface area contributed by atoms with Gasteiger partial charge in [-0.1, -0.05) is 35.9 Å². The number of esters is 1. The Morgan fingerprint density at radius 1 is 1.23 bits per heavy atom. The standard InChI is InChI=1S/C18H17ClO3/c1-3-21-17(20)11-18(2)15-7-5-4-6-13(15)14-10-12(19)8-9-16(14)22-18/h4-10H,3,11H2,1-2H3. The van der Waals surface area contributed by atoms with Gasteiger partial charge in [0.25, 0.3) is 0 Å². The number of hydrogen-bond donors (Lipinski definition) is 0. The zero-order chi connectivity index (χ0) is 15.7. The molecule has 0 aliphatic carbocycles. The molecule has 0 saturated carbocycles. The van der Waals surface area contributed by atoms with Crippen molar-refractivity contribution in [3.05, 3.63) is 53.1 Å². The van der Waals surface area contributed by atoms with Gasteiger partial charge in [0.2, 0.25) is 0 Å². The molecule has 4 heteroatoms. The molecule has 0 aromatic heterocycles. The van der Waals surface area contributed by atoms with Gasteiger partial charge in [-0.2, -0.15) is 0 Å². The lowest BCUT2D eigenvalue weighted by atomic mass is 9.83. The zero-order valence-electron chi connectivity index (χ0n) is 12.6. The van der Waals surface area contributed by atoms with Crippen molar-refractivity contribution in [1.29, 1.82) is 0 Å². The normalized spacial score (nSPS) is 18.9. The van der Waals surface area contributed by atoms with Crippen LogP contribution in [-0.4, -0.2) is 12.6 Å². The highest BCUT2D eigenvalue weighted by Gasteiger charge is 2.39. The van der Waals surface area contributed by atoms with Crippen LogP contribution in [0.2, 0.25) is 5.02 Å². The van der Waals surface area contributed by atoms with Crippen LogP contribution in [0.1, 0.15) is 25.8 Å². The third-order valence-electron chi connectivity index (χ3n) is 3.85. The molecule has 0 spiro atoms. The van der Waals surface area contributed by atoms with Crippen LogP contribution in [0, 0.1) is 0 Å². The van der Waals surface area contributed by atoms with Crippen molar-refractivity contribution >= 4 is 17.6 Å². The summed E-state index contributed by atoms with van der Waals surface area (Å²) in [6, 6.07) is 13.4. The van der Waals surface area contributed by atoms with Crippen molar-refractivity contribution in [2.75, 3.05) is 6.61 Å². The van der Waals surface area contributed by atoms with E-state index in [0.29, 0.717) is 11.6 Å². The van der Waals surface area contributed by atoms with E-state index in [9.17, 15) is 4.79 Å². The minimum atomic E-state index is -0.746. The van der Waals surface area contributed by atoms with Gasteiger partial charge < -0.3 is 9.47 Å². The van der Waals surface area contributed by atoms with Crippen molar-refractivity contribution in [3.8, 4) is 16.9 Å². The Balaban J connectivity index is 2.09. The summed E-state index contributed by atoms with van der Waals surface area (Å²) >= 11 is 6.11. The highest BCUT2D eigenvalue weighted by Crippen LogP contribution is 2.47. The van der Waals surface area contributed by atoms with E-state index >= 15 is 0 Å². The van der Waals surface area contributed by atoms with Gasteiger partial charge in [-0.05, 0) is 37.6 Å². The van der Waals surface area contributed by atoms with Crippen molar-refractivity contribution in [2.24, 2.45) is 0 Å². The lowest BCUT2D eigenvalue weighted by Gasteiger charge is -2.37. The Labute approximate surface area is 134 Å². The van der Waals surface area contributed by atoms with Crippen LogP contribution in [-0.2, 0) is 15.1 Å². The second-order valence-electron chi connectivity index (χ2n) is 5.50. The molecule has 1 aliphatic heterocycles. The molecule has 1 aliphatic rings. The number of rotatable bonds is 3. The minimum absolute atomic E-state index is 0.167. The third-order valence-corrected chi connectivity index (χ3v) is 4.09. The summed E-state index contributed by atoms with van der Waals surface area (Å²) in [6.07, 6.45) is 0.167. The molecule has 1 atom stereocenters. The molecule has 3 rings (SSSR count). The van der Waals surface area contributed by atoms with E-state index in [-0.39, 0.29) is 12.4 Å². The van der Waals surface area contributed by atoms with Crippen molar-refractivity contribution < 1.29 is 14.3 Å². The zero-order valence-corrected chi connectivity index (χ0v) is 13.3. The summed E-state index contributed by atoms with van der Waals surface area (Å²) in [4.78, 5) is 12.0. The maximum Gasteiger partial charge on any atom is 0.310 e. The smallest absolute Gasteiger partial charge is 0.310 e. The molecule has 0 fully saturated rings. The molecule has 2 aromatic carbocycles. The lowest BCUT2D eigenvalue weighted by molar-refractivity contribution is -0.147. The van der Waals surface area contributed by atoms with E-state index in [1.165, 1.54) is 0 Å². The molecule has 0 amide bonds. The van der Waals surface area contributed by atoms with E-state index in [1.807, 2.05) is 43.3 Å². The fourth-order valence-electron chi connectivity index (χ4n) is 2.90. The Bertz CT molecular complexity index is 726. The van der Waals surface area contributed by atoms with Crippen LogP contribution in [0.15, 0.2) is 42.5 Å². The first kappa shape index (κ1) is 14.9. The Morgan fingerprint density at radius 3 is 2.77 bits per heavy atom. The molecular weight excluding hydrogens is 300 g/mol. The van der Waals surface area contributed by atoms with Gasteiger partial charge >= 0.3 is 5.97 Å². The molecule has 0 saturated heterocycles. The van der Waals surface area contributed by atoms with Crippen LogP contribution >= 0.6 is 11.6 Å². The first-order valence-corrected chi connectivity index (χ1v) is 7.65. The fourth-order valence-corrected chi connectivity index (χ4v) is 3.07. The van der Waals surface area contributed by atoms with Gasteiger partial charge in [0.05, 0.1) is 13.0 Å². The number of fused-ring (bicyclic) bond motifs is 3. The molecule has 1 unspecified atom stereocenters. The summed E-state index contributed by atoms with van der Waals surface area (Å²) in [5, 5.41) is 0.658. The molecule has 3 nitrogen and oxygen atoms in total. The van der Waals surface area contributed by atoms with Crippen LogP contribution in [0.5, 0.6) is 5.75 Å². The Hall–Kier alpha value is -2.00. The highest BCUT2D eigenvalue weighted by atomic mass is 35.5. The van der Waals surface area contributed by atoms with Crippen LogP contribution in [0.4, 0.5) is 0 Å². The molecule has 0 bridgehead atoms. The van der Waals surface area contributed by atoms with Crippen LogP contribution in [0.25, 0.3) is 11.1 Å². The molecule has 22 heavy (non-hydrogen) atoms. The highest BCUT2D eigenvalue weighted by molar-refractivity contribution is 6.31. The lowest BCUT2D eigenvalue weighted by Crippen LogP contribution is -2.35. The van der Waals surface area contributed by atoms with Gasteiger partial charge in [-0.15, -0.1) is 0 Å². The molecule has 0 N–H and O–H groups in total. The SMILES string of the molecule is CCOC(=O)CC1(C)Oc2ccc(Cl)cc2-c2ccccc21. The van der Waals surface area contributed by atoms with Crippen LogP contribution in [0.3, 0.4) is 0 Å². The summed E-state index contributed by atoms with van der Waals surface area (Å²) in [5.74, 6) is 0.465. The first-order chi connectivity index (χ1) is 10.5. The van der Waals surface area contributed by atoms with E-state index in [4.69, 9.17) is 21.1 Å². The second kappa shape index (κ2) is 5.65. The predicted octanol–water partition coefficient (Wildman–Crippen LogP) is 4.57. The van der Waals surface area contributed by atoms with E-state index in [2.05, 4.69) is 0 Å². The number of benzene rings is 2. The minimum Gasteiger partial charge on any atom is -0.482 e. The Kier molecular flexibility index (Phi) is 3.83. The van der Waals surface area contributed by atoms with Crippen LogP contribution < -0.4 is 4.74 Å². The largest absolute Gasteiger partial charge is 0.482 e. The number of carbonyl (C=O) groups is 1. The first-order valence-electron chi connectivity index (χ1n) is 7.27. The van der Waals surface area contributed by atoms with E-state index in [0.717, 1.165) is 22.4 Å². The number of hydrogen-bond acceptors (Lipinski definition) is 3. The van der Waals surface area contributed by atoms with Gasteiger partial charge in [0.1, 0.15) is 11.4 Å². The number of halogens is 1. The molecule has 0 radical (unpaired) electrons. The maximum atomic E-state index is 12.0. The maximum absolute atomic E-state index is 12.0. The van der Waals surface area contributed by atoms with E-state index < -0.39 is 5.60 Å². The van der Waals surface area contributed by atoms with E-state index in [1.54, 1.807) is 13.0 Å².